The smallest absolute Gasteiger partial charge is 0.227 e. The largest absolute Gasteiger partial charge is 0.324 e. The average Bonchev–Trinajstić information content (AvgIpc) is 3.03. The summed E-state index contributed by atoms with van der Waals surface area (Å²) in [6.45, 7) is 16.9. The molecule has 1 aliphatic rings. The van der Waals surface area contributed by atoms with Gasteiger partial charge in [-0.05, 0) is 62.8 Å². The highest BCUT2D eigenvalue weighted by atomic mass is 15.2. The van der Waals surface area contributed by atoms with Crippen molar-refractivity contribution in [1.29, 1.82) is 0 Å². The van der Waals surface area contributed by atoms with Crippen molar-refractivity contribution in [3.05, 3.63) is 58.9 Å². The van der Waals surface area contributed by atoms with Crippen molar-refractivity contribution in [2.24, 2.45) is 5.92 Å². The highest BCUT2D eigenvalue weighted by Gasteiger charge is 2.28. The van der Waals surface area contributed by atoms with Gasteiger partial charge in [-0.25, -0.2) is 9.97 Å². The van der Waals surface area contributed by atoms with Crippen LogP contribution in [-0.4, -0.2) is 20.9 Å². The number of aromatic nitrogens is 2. The highest BCUT2D eigenvalue weighted by molar-refractivity contribution is 5.56. The van der Waals surface area contributed by atoms with Crippen molar-refractivity contribution in [1.82, 2.24) is 14.9 Å². The maximum atomic E-state index is 4.83. The summed E-state index contributed by atoms with van der Waals surface area (Å²) in [7, 11) is 0. The zero-order valence-corrected chi connectivity index (χ0v) is 18.0. The topological polar surface area (TPSA) is 41.1 Å². The van der Waals surface area contributed by atoms with E-state index in [0.29, 0.717) is 17.9 Å². The van der Waals surface area contributed by atoms with Crippen LogP contribution in [0, 0.1) is 19.8 Å². The van der Waals surface area contributed by atoms with Crippen molar-refractivity contribution in [3.63, 3.8) is 0 Å². The summed E-state index contributed by atoms with van der Waals surface area (Å²) in [5.74, 6) is 1.24. The Morgan fingerprint density at radius 3 is 2.57 bits per heavy atom. The van der Waals surface area contributed by atoms with Gasteiger partial charge >= 0.3 is 0 Å². The Morgan fingerprint density at radius 1 is 1.21 bits per heavy atom. The summed E-state index contributed by atoms with van der Waals surface area (Å²) >= 11 is 0. The number of aryl methyl sites for hydroxylation is 2. The normalized spacial score (nSPS) is 15.9. The first-order chi connectivity index (χ1) is 13.4. The van der Waals surface area contributed by atoms with E-state index in [9.17, 15) is 0 Å². The van der Waals surface area contributed by atoms with Crippen molar-refractivity contribution in [2.75, 3.05) is 5.32 Å². The molecule has 3 rings (SSSR count). The van der Waals surface area contributed by atoms with E-state index in [0.717, 1.165) is 30.9 Å². The van der Waals surface area contributed by atoms with Gasteiger partial charge in [0, 0.05) is 36.6 Å². The minimum Gasteiger partial charge on any atom is -0.324 e. The Hall–Kier alpha value is -2.20. The van der Waals surface area contributed by atoms with E-state index in [1.165, 1.54) is 35.1 Å². The number of anilines is 2. The van der Waals surface area contributed by atoms with Crippen LogP contribution in [0.3, 0.4) is 0 Å². The molecule has 0 radical (unpaired) electrons. The first kappa shape index (κ1) is 20.5. The molecule has 28 heavy (non-hydrogen) atoms. The summed E-state index contributed by atoms with van der Waals surface area (Å²) < 4.78 is 0. The lowest BCUT2D eigenvalue weighted by molar-refractivity contribution is 0.165. The first-order valence-electron chi connectivity index (χ1n) is 10.4. The average molecular weight is 379 g/mol. The SMILES string of the molecule is C=C(C)[C@H](C)C[C@@H](CCC)N1Cc2cnc(Nc3cc(C)cc(C)c3)nc2C1. The summed E-state index contributed by atoms with van der Waals surface area (Å²) in [5.41, 5.74) is 7.22. The fourth-order valence-corrected chi connectivity index (χ4v) is 4.06. The Morgan fingerprint density at radius 2 is 1.93 bits per heavy atom. The second kappa shape index (κ2) is 8.87. The Balaban J connectivity index is 1.72. The van der Waals surface area contributed by atoms with Gasteiger partial charge in [-0.15, -0.1) is 0 Å². The van der Waals surface area contributed by atoms with E-state index in [1.54, 1.807) is 0 Å². The highest BCUT2D eigenvalue weighted by Crippen LogP contribution is 2.29. The molecular weight excluding hydrogens is 344 g/mol. The van der Waals surface area contributed by atoms with Gasteiger partial charge in [0.1, 0.15) is 0 Å². The predicted molar refractivity (Wildman–Crippen MR) is 118 cm³/mol. The van der Waals surface area contributed by atoms with Gasteiger partial charge in [-0.2, -0.15) is 0 Å². The molecule has 1 N–H and O–H groups in total. The van der Waals surface area contributed by atoms with Gasteiger partial charge in [0.2, 0.25) is 5.95 Å². The van der Waals surface area contributed by atoms with Crippen LogP contribution in [0.4, 0.5) is 11.6 Å². The number of nitrogens with one attached hydrogen (secondary N) is 1. The van der Waals surface area contributed by atoms with E-state index in [2.05, 4.69) is 74.6 Å². The molecule has 4 heteroatoms. The number of hydrogen-bond donors (Lipinski definition) is 1. The van der Waals surface area contributed by atoms with Gasteiger partial charge in [-0.1, -0.05) is 38.5 Å². The molecule has 0 aliphatic carbocycles. The summed E-state index contributed by atoms with van der Waals surface area (Å²) in [6, 6.07) is 7.01. The van der Waals surface area contributed by atoms with Crippen LogP contribution in [-0.2, 0) is 13.1 Å². The van der Waals surface area contributed by atoms with Gasteiger partial charge in [0.25, 0.3) is 0 Å². The molecular formula is C24H34N4. The quantitative estimate of drug-likeness (QED) is 0.579. The summed E-state index contributed by atoms with van der Waals surface area (Å²) in [4.78, 5) is 12.0. The van der Waals surface area contributed by atoms with Gasteiger partial charge < -0.3 is 5.32 Å². The number of hydrogen-bond acceptors (Lipinski definition) is 4. The second-order valence-corrected chi connectivity index (χ2v) is 8.50. The van der Waals surface area contributed by atoms with Crippen molar-refractivity contribution in [3.8, 4) is 0 Å². The Labute approximate surface area is 170 Å². The molecule has 1 aliphatic heterocycles. The second-order valence-electron chi connectivity index (χ2n) is 8.50. The number of rotatable bonds is 8. The standard InChI is InChI=1S/C24H34N4/c1-7-8-22(12-19(6)16(2)3)28-14-20-13-25-24(27-23(20)15-28)26-21-10-17(4)9-18(5)11-21/h9-11,13,19,22H,2,7-8,12,14-15H2,1,3-6H3,(H,25,26,27)/t19-,22-/m1/s1. The van der Waals surface area contributed by atoms with Crippen LogP contribution in [0.5, 0.6) is 0 Å². The maximum absolute atomic E-state index is 4.83. The van der Waals surface area contributed by atoms with Crippen molar-refractivity contribution in [2.45, 2.75) is 73.0 Å². The fourth-order valence-electron chi connectivity index (χ4n) is 4.06. The third-order valence-electron chi connectivity index (χ3n) is 5.76. The molecule has 1 aromatic carbocycles. The Bertz CT molecular complexity index is 822. The molecule has 2 aromatic rings. The van der Waals surface area contributed by atoms with Crippen LogP contribution >= 0.6 is 0 Å². The van der Waals surface area contributed by atoms with Gasteiger partial charge in [-0.3, -0.25) is 4.90 Å². The predicted octanol–water partition coefficient (Wildman–Crippen LogP) is 5.92. The minimum atomic E-state index is 0.549. The lowest BCUT2D eigenvalue weighted by Crippen LogP contribution is -2.32. The van der Waals surface area contributed by atoms with Crippen LogP contribution in [0.2, 0.25) is 0 Å². The lowest BCUT2D eigenvalue weighted by Gasteiger charge is -2.29. The van der Waals surface area contributed by atoms with Crippen LogP contribution in [0.1, 0.15) is 62.4 Å². The zero-order valence-electron chi connectivity index (χ0n) is 18.0. The van der Waals surface area contributed by atoms with Gasteiger partial charge in [0.05, 0.1) is 5.69 Å². The maximum Gasteiger partial charge on any atom is 0.227 e. The van der Waals surface area contributed by atoms with Crippen molar-refractivity contribution < 1.29 is 0 Å². The van der Waals surface area contributed by atoms with E-state index in [-0.39, 0.29) is 0 Å². The Kier molecular flexibility index (Phi) is 6.50. The monoisotopic (exact) mass is 378 g/mol. The number of nitrogens with zero attached hydrogens (tertiary/aromatic N) is 3. The third kappa shape index (κ3) is 4.99. The molecule has 0 amide bonds. The van der Waals surface area contributed by atoms with Crippen LogP contribution < -0.4 is 5.32 Å². The number of fused-ring (bicyclic) bond motifs is 1. The van der Waals surface area contributed by atoms with E-state index in [1.807, 2.05) is 6.20 Å². The van der Waals surface area contributed by atoms with Crippen LogP contribution in [0.15, 0.2) is 36.5 Å². The summed E-state index contributed by atoms with van der Waals surface area (Å²) in [5, 5.41) is 3.38. The molecule has 150 valence electrons. The van der Waals surface area contributed by atoms with E-state index in [4.69, 9.17) is 4.98 Å². The molecule has 0 unspecified atom stereocenters. The van der Waals surface area contributed by atoms with Crippen molar-refractivity contribution >= 4 is 11.6 Å². The number of benzene rings is 1. The molecule has 1 aromatic heterocycles. The summed E-state index contributed by atoms with van der Waals surface area (Å²) in [6.07, 6.45) is 5.58. The van der Waals surface area contributed by atoms with E-state index >= 15 is 0 Å². The van der Waals surface area contributed by atoms with E-state index < -0.39 is 0 Å². The molecule has 0 saturated heterocycles. The molecule has 0 saturated carbocycles. The minimum absolute atomic E-state index is 0.549. The zero-order chi connectivity index (χ0) is 20.3. The van der Waals surface area contributed by atoms with Gasteiger partial charge in [0.15, 0.2) is 0 Å². The first-order valence-corrected chi connectivity index (χ1v) is 10.4. The third-order valence-corrected chi connectivity index (χ3v) is 5.76. The molecule has 2 atom stereocenters. The number of allylic oxidation sites excluding steroid dienone is 1. The lowest BCUT2D eigenvalue weighted by atomic mass is 9.93. The molecule has 0 spiro atoms. The fraction of sp³-hybridized carbons (Fsp3) is 0.500. The van der Waals surface area contributed by atoms with Crippen LogP contribution in [0.25, 0.3) is 0 Å². The molecule has 2 heterocycles. The molecule has 0 fully saturated rings. The molecule has 0 bridgehead atoms. The molecule has 4 nitrogen and oxygen atoms in total.